The van der Waals surface area contributed by atoms with Crippen molar-refractivity contribution in [2.75, 3.05) is 12.9 Å². The van der Waals surface area contributed by atoms with E-state index in [0.717, 1.165) is 21.8 Å². The highest BCUT2D eigenvalue weighted by Gasteiger charge is 2.08. The van der Waals surface area contributed by atoms with E-state index in [1.165, 1.54) is 11.8 Å². The molecule has 0 heterocycles. The fourth-order valence-corrected chi connectivity index (χ4v) is 2.55. The summed E-state index contributed by atoms with van der Waals surface area (Å²) < 4.78 is 10.5. The van der Waals surface area contributed by atoms with Crippen molar-refractivity contribution in [3.8, 4) is 11.5 Å². The predicted octanol–water partition coefficient (Wildman–Crippen LogP) is 4.01. The quantitative estimate of drug-likeness (QED) is 0.475. The molecule has 0 aliphatic rings. The lowest BCUT2D eigenvalue weighted by Gasteiger charge is -2.08. The van der Waals surface area contributed by atoms with E-state index in [9.17, 15) is 4.79 Å². The Hall–Kier alpha value is -1.94. The first-order chi connectivity index (χ1) is 10.1. The van der Waals surface area contributed by atoms with Gasteiger partial charge in [-0.25, -0.2) is 0 Å². The van der Waals surface area contributed by atoms with E-state index >= 15 is 0 Å². The summed E-state index contributed by atoms with van der Waals surface area (Å²) in [5.41, 5.74) is 2.12. The Morgan fingerprint density at radius 3 is 2.43 bits per heavy atom. The Kier molecular flexibility index (Phi) is 5.28. The van der Waals surface area contributed by atoms with Crippen LogP contribution >= 0.6 is 11.8 Å². The maximum Gasteiger partial charge on any atom is 0.321 e. The predicted molar refractivity (Wildman–Crippen MR) is 85.3 cm³/mol. The van der Waals surface area contributed by atoms with Gasteiger partial charge >= 0.3 is 5.97 Å². The third kappa shape index (κ3) is 4.53. The lowest BCUT2D eigenvalue weighted by Crippen LogP contribution is -2.11. The molecule has 0 unspecified atom stereocenters. The van der Waals surface area contributed by atoms with Crippen LogP contribution in [0.25, 0.3) is 0 Å². The third-order valence-electron chi connectivity index (χ3n) is 2.97. The summed E-state index contributed by atoms with van der Waals surface area (Å²) in [5.74, 6) is 1.46. The van der Waals surface area contributed by atoms with Crippen LogP contribution in [-0.4, -0.2) is 18.8 Å². The van der Waals surface area contributed by atoms with Gasteiger partial charge in [0.15, 0.2) is 0 Å². The molecule has 0 atom stereocenters. The second kappa shape index (κ2) is 7.18. The average molecular weight is 302 g/mol. The Balaban J connectivity index is 1.89. The van der Waals surface area contributed by atoms with Crippen LogP contribution in [0.5, 0.6) is 11.5 Å². The van der Waals surface area contributed by atoms with Crippen LogP contribution in [0.4, 0.5) is 0 Å². The topological polar surface area (TPSA) is 35.5 Å². The summed E-state index contributed by atoms with van der Waals surface area (Å²) in [4.78, 5) is 12.9. The van der Waals surface area contributed by atoms with Gasteiger partial charge in [-0.05, 0) is 49.7 Å². The Bertz CT molecular complexity index is 620. The van der Waals surface area contributed by atoms with Crippen molar-refractivity contribution >= 4 is 17.7 Å². The molecule has 2 aromatic carbocycles. The number of thioether (sulfide) groups is 1. The number of hydrogen-bond acceptors (Lipinski definition) is 4. The van der Waals surface area contributed by atoms with Crippen molar-refractivity contribution in [3.05, 3.63) is 53.6 Å². The van der Waals surface area contributed by atoms with Crippen LogP contribution in [0.2, 0.25) is 0 Å². The Labute approximate surface area is 129 Å². The van der Waals surface area contributed by atoms with Crippen LogP contribution in [-0.2, 0) is 4.79 Å². The summed E-state index contributed by atoms with van der Waals surface area (Å²) in [6.45, 7) is 3.95. The summed E-state index contributed by atoms with van der Waals surface area (Å²) in [6, 6.07) is 13.4. The minimum atomic E-state index is -0.247. The Morgan fingerprint density at radius 2 is 1.81 bits per heavy atom. The molecule has 0 saturated carbocycles. The van der Waals surface area contributed by atoms with E-state index in [1.807, 2.05) is 56.3 Å². The van der Waals surface area contributed by atoms with Gasteiger partial charge in [0.05, 0.1) is 12.9 Å². The number of aryl methyl sites for hydroxylation is 2. The number of methoxy groups -OCH3 is 1. The minimum Gasteiger partial charge on any atom is -0.497 e. The number of benzene rings is 2. The van der Waals surface area contributed by atoms with Crippen molar-refractivity contribution < 1.29 is 14.3 Å². The first-order valence-electron chi connectivity index (χ1n) is 6.63. The molecule has 0 radical (unpaired) electrons. The van der Waals surface area contributed by atoms with Gasteiger partial charge in [-0.2, -0.15) is 0 Å². The van der Waals surface area contributed by atoms with Crippen LogP contribution < -0.4 is 9.47 Å². The van der Waals surface area contributed by atoms with E-state index in [0.29, 0.717) is 5.75 Å². The van der Waals surface area contributed by atoms with E-state index in [1.54, 1.807) is 7.11 Å². The molecule has 110 valence electrons. The zero-order chi connectivity index (χ0) is 15.2. The number of ether oxygens (including phenoxy) is 2. The zero-order valence-corrected chi connectivity index (χ0v) is 13.2. The van der Waals surface area contributed by atoms with Crippen LogP contribution in [0.3, 0.4) is 0 Å². The normalized spacial score (nSPS) is 10.2. The third-order valence-corrected chi connectivity index (χ3v) is 3.96. The summed E-state index contributed by atoms with van der Waals surface area (Å²) in [7, 11) is 1.63. The molecule has 3 nitrogen and oxygen atoms in total. The van der Waals surface area contributed by atoms with Gasteiger partial charge in [0.2, 0.25) is 0 Å². The van der Waals surface area contributed by atoms with Crippen molar-refractivity contribution in [1.82, 2.24) is 0 Å². The molecular formula is C17H18O3S. The maximum atomic E-state index is 11.9. The molecule has 2 aromatic rings. The fourth-order valence-electron chi connectivity index (χ4n) is 1.88. The number of carbonyl (C=O) groups excluding carboxylic acids is 1. The van der Waals surface area contributed by atoms with E-state index in [-0.39, 0.29) is 11.7 Å². The lowest BCUT2D eigenvalue weighted by atomic mass is 10.1. The SMILES string of the molecule is COc1ccc(SCC(=O)Oc2ccc(C)cc2C)cc1. The van der Waals surface area contributed by atoms with E-state index in [4.69, 9.17) is 9.47 Å². The number of carbonyl (C=O) groups is 1. The van der Waals surface area contributed by atoms with Gasteiger partial charge in [-0.1, -0.05) is 17.7 Å². The van der Waals surface area contributed by atoms with Gasteiger partial charge in [-0.3, -0.25) is 4.79 Å². The molecule has 2 rings (SSSR count). The van der Waals surface area contributed by atoms with Crippen LogP contribution in [0.15, 0.2) is 47.4 Å². The lowest BCUT2D eigenvalue weighted by molar-refractivity contribution is -0.131. The van der Waals surface area contributed by atoms with Crippen molar-refractivity contribution in [2.24, 2.45) is 0 Å². The molecule has 0 aliphatic carbocycles. The number of esters is 1. The monoisotopic (exact) mass is 302 g/mol. The standard InChI is InChI=1S/C17H18O3S/c1-12-4-9-16(13(2)10-12)20-17(18)11-21-15-7-5-14(19-3)6-8-15/h4-10H,11H2,1-3H3. The molecule has 4 heteroatoms. The fraction of sp³-hybridized carbons (Fsp3) is 0.235. The first kappa shape index (κ1) is 15.4. The number of rotatable bonds is 5. The highest BCUT2D eigenvalue weighted by atomic mass is 32.2. The molecule has 0 aromatic heterocycles. The van der Waals surface area contributed by atoms with Crippen molar-refractivity contribution in [3.63, 3.8) is 0 Å². The van der Waals surface area contributed by atoms with Gasteiger partial charge in [0.25, 0.3) is 0 Å². The first-order valence-corrected chi connectivity index (χ1v) is 7.62. The molecule has 0 spiro atoms. The number of hydrogen-bond donors (Lipinski definition) is 0. The molecule has 0 amide bonds. The summed E-state index contributed by atoms with van der Waals surface area (Å²) in [5, 5.41) is 0. The zero-order valence-electron chi connectivity index (χ0n) is 12.4. The van der Waals surface area contributed by atoms with Crippen LogP contribution in [0.1, 0.15) is 11.1 Å². The van der Waals surface area contributed by atoms with Crippen molar-refractivity contribution in [1.29, 1.82) is 0 Å². The molecular weight excluding hydrogens is 284 g/mol. The molecule has 0 bridgehead atoms. The van der Waals surface area contributed by atoms with Gasteiger partial charge in [0.1, 0.15) is 11.5 Å². The second-order valence-electron chi connectivity index (χ2n) is 4.71. The van der Waals surface area contributed by atoms with E-state index in [2.05, 4.69) is 0 Å². The molecule has 0 fully saturated rings. The summed E-state index contributed by atoms with van der Waals surface area (Å²) in [6.07, 6.45) is 0. The minimum absolute atomic E-state index is 0.247. The van der Waals surface area contributed by atoms with Gasteiger partial charge in [0, 0.05) is 4.90 Å². The summed E-state index contributed by atoms with van der Waals surface area (Å²) >= 11 is 1.45. The van der Waals surface area contributed by atoms with E-state index < -0.39 is 0 Å². The smallest absolute Gasteiger partial charge is 0.321 e. The average Bonchev–Trinajstić information content (AvgIpc) is 2.48. The van der Waals surface area contributed by atoms with Crippen LogP contribution in [0, 0.1) is 13.8 Å². The molecule has 21 heavy (non-hydrogen) atoms. The highest BCUT2D eigenvalue weighted by Crippen LogP contribution is 2.23. The highest BCUT2D eigenvalue weighted by molar-refractivity contribution is 8.00. The second-order valence-corrected chi connectivity index (χ2v) is 5.76. The van der Waals surface area contributed by atoms with Crippen molar-refractivity contribution in [2.45, 2.75) is 18.7 Å². The van der Waals surface area contributed by atoms with Gasteiger partial charge < -0.3 is 9.47 Å². The largest absolute Gasteiger partial charge is 0.497 e. The molecule has 0 saturated heterocycles. The maximum absolute atomic E-state index is 11.9. The molecule has 0 N–H and O–H groups in total. The van der Waals surface area contributed by atoms with Gasteiger partial charge in [-0.15, -0.1) is 11.8 Å². The Morgan fingerprint density at radius 1 is 1.10 bits per heavy atom. The molecule has 0 aliphatic heterocycles.